The number of rotatable bonds is 4. The number of hydrogen-bond donors (Lipinski definition) is 2. The van der Waals surface area contributed by atoms with Crippen LogP contribution in [0.3, 0.4) is 0 Å². The van der Waals surface area contributed by atoms with Crippen molar-refractivity contribution in [2.24, 2.45) is 0 Å². The molecule has 30 heavy (non-hydrogen) atoms. The molecule has 2 N–H and O–H groups in total. The Hall–Kier alpha value is -2.52. The molecule has 9 heteroatoms. The van der Waals surface area contributed by atoms with E-state index >= 15 is 0 Å². The van der Waals surface area contributed by atoms with Crippen LogP contribution in [0.5, 0.6) is 0 Å². The number of amides is 2. The molecule has 7 nitrogen and oxygen atoms in total. The number of aliphatic hydroxyl groups is 1. The van der Waals surface area contributed by atoms with Crippen LogP contribution < -0.4 is 5.32 Å². The molecule has 0 saturated carbocycles. The summed E-state index contributed by atoms with van der Waals surface area (Å²) in [5, 5.41) is 12.5. The predicted octanol–water partition coefficient (Wildman–Crippen LogP) is 3.05. The lowest BCUT2D eigenvalue weighted by Gasteiger charge is -2.28. The molecule has 1 fully saturated rings. The number of likely N-dealkylation sites (tertiary alicyclic amines) is 1. The van der Waals surface area contributed by atoms with Crippen molar-refractivity contribution in [1.29, 1.82) is 0 Å². The molecule has 0 spiro atoms. The summed E-state index contributed by atoms with van der Waals surface area (Å²) in [4.78, 5) is 31.3. The summed E-state index contributed by atoms with van der Waals surface area (Å²) in [6.07, 6.45) is -4.14. The third-order valence-electron chi connectivity index (χ3n) is 4.71. The van der Waals surface area contributed by atoms with Gasteiger partial charge in [-0.1, -0.05) is 24.3 Å². The number of ether oxygens (including phenoxy) is 1. The van der Waals surface area contributed by atoms with Gasteiger partial charge in [-0.15, -0.1) is 11.3 Å². The Morgan fingerprint density at radius 2 is 2.00 bits per heavy atom. The van der Waals surface area contributed by atoms with Crippen molar-refractivity contribution >= 4 is 23.3 Å². The maximum Gasteiger partial charge on any atom is 0.411 e. The second-order valence-electron chi connectivity index (χ2n) is 8.27. The number of hydrogen-bond acceptors (Lipinski definition) is 6. The van der Waals surface area contributed by atoms with Crippen molar-refractivity contribution in [3.05, 3.63) is 41.0 Å². The fourth-order valence-electron chi connectivity index (χ4n) is 3.24. The number of benzene rings is 1. The van der Waals surface area contributed by atoms with E-state index in [9.17, 15) is 19.1 Å². The van der Waals surface area contributed by atoms with E-state index in [-0.39, 0.29) is 13.1 Å². The number of aliphatic hydroxyl groups excluding tert-OH is 1. The molecule has 1 aromatic heterocycles. The molecular formula is C21H26FN3O4S. The van der Waals surface area contributed by atoms with Crippen LogP contribution in [0.1, 0.15) is 32.0 Å². The molecular weight excluding hydrogens is 409 g/mol. The summed E-state index contributed by atoms with van der Waals surface area (Å²) in [5.74, 6) is -0.674. The molecule has 2 amide bonds. The number of aromatic nitrogens is 1. The summed E-state index contributed by atoms with van der Waals surface area (Å²) >= 11 is 1.56. The molecule has 1 aliphatic heterocycles. The summed E-state index contributed by atoms with van der Waals surface area (Å²) in [5.41, 5.74) is 3.81. The molecule has 162 valence electrons. The van der Waals surface area contributed by atoms with Gasteiger partial charge < -0.3 is 15.2 Å². The number of nitrogens with zero attached hydrogens (tertiary/aromatic N) is 2. The highest BCUT2D eigenvalue weighted by Crippen LogP contribution is 2.27. The topological polar surface area (TPSA) is 91.8 Å². The van der Waals surface area contributed by atoms with Gasteiger partial charge >= 0.3 is 6.09 Å². The Morgan fingerprint density at radius 3 is 2.57 bits per heavy atom. The summed E-state index contributed by atoms with van der Waals surface area (Å²) in [6.45, 7) is 6.85. The van der Waals surface area contributed by atoms with Crippen LogP contribution in [-0.4, -0.2) is 57.5 Å². The number of β-amino-alcohol motifs (C(OH)–C–C–N with tert-alkyl or cyclic N) is 1. The van der Waals surface area contributed by atoms with Crippen LogP contribution in [-0.2, 0) is 16.1 Å². The number of aryl methyl sites for hydroxylation is 1. The lowest BCUT2D eigenvalue weighted by atomic mass is 10.1. The summed E-state index contributed by atoms with van der Waals surface area (Å²) in [6, 6.07) is 6.18. The van der Waals surface area contributed by atoms with Crippen LogP contribution in [0.4, 0.5) is 9.18 Å². The molecule has 0 bridgehead atoms. The predicted molar refractivity (Wildman–Crippen MR) is 112 cm³/mol. The van der Waals surface area contributed by atoms with E-state index in [1.54, 1.807) is 37.6 Å². The van der Waals surface area contributed by atoms with E-state index in [0.29, 0.717) is 0 Å². The minimum atomic E-state index is -1.88. The normalized spacial score (nSPS) is 21.5. The van der Waals surface area contributed by atoms with Gasteiger partial charge in [-0.25, -0.2) is 14.2 Å². The van der Waals surface area contributed by atoms with Gasteiger partial charge in [0, 0.05) is 6.54 Å². The number of nitrogens with one attached hydrogen (secondary N) is 1. The van der Waals surface area contributed by atoms with E-state index in [0.717, 1.165) is 26.6 Å². The van der Waals surface area contributed by atoms with Crippen LogP contribution in [0.2, 0.25) is 0 Å². The van der Waals surface area contributed by atoms with Crippen molar-refractivity contribution in [1.82, 2.24) is 15.2 Å². The lowest BCUT2D eigenvalue weighted by Crippen LogP contribution is -2.50. The number of thiazole rings is 1. The van der Waals surface area contributed by atoms with Gasteiger partial charge in [0.15, 0.2) is 6.17 Å². The zero-order valence-corrected chi connectivity index (χ0v) is 18.2. The highest BCUT2D eigenvalue weighted by atomic mass is 32.1. The quantitative estimate of drug-likeness (QED) is 0.770. The van der Waals surface area contributed by atoms with Crippen molar-refractivity contribution in [2.75, 3.05) is 6.54 Å². The SMILES string of the molecule is Cc1ncsc1-c1ccc(CNC(=O)[C@@H]2[C@@H](F)[C@@H](O)CN2C(=O)OC(C)(C)C)cc1. The van der Waals surface area contributed by atoms with E-state index in [2.05, 4.69) is 10.3 Å². The highest BCUT2D eigenvalue weighted by Gasteiger charge is 2.49. The number of carbonyl (C=O) groups excluding carboxylic acids is 2. The molecule has 3 rings (SSSR count). The molecule has 0 unspecified atom stereocenters. The monoisotopic (exact) mass is 435 g/mol. The van der Waals surface area contributed by atoms with Crippen LogP contribution >= 0.6 is 11.3 Å². The first kappa shape index (κ1) is 22.2. The fourth-order valence-corrected chi connectivity index (χ4v) is 4.05. The Balaban J connectivity index is 1.65. The Kier molecular flexibility index (Phi) is 6.42. The van der Waals surface area contributed by atoms with E-state index in [1.807, 2.05) is 31.2 Å². The molecule has 3 atom stereocenters. The van der Waals surface area contributed by atoms with Crippen LogP contribution in [0.15, 0.2) is 29.8 Å². The molecule has 2 heterocycles. The second-order valence-corrected chi connectivity index (χ2v) is 9.13. The average Bonchev–Trinajstić information content (AvgIpc) is 3.22. The number of halogens is 1. The zero-order valence-electron chi connectivity index (χ0n) is 17.4. The molecule has 0 aliphatic carbocycles. The largest absolute Gasteiger partial charge is 0.444 e. The minimum Gasteiger partial charge on any atom is -0.444 e. The van der Waals surface area contributed by atoms with Crippen LogP contribution in [0, 0.1) is 6.92 Å². The maximum atomic E-state index is 14.5. The first-order chi connectivity index (χ1) is 14.1. The zero-order chi connectivity index (χ0) is 22.1. The molecule has 1 aliphatic rings. The first-order valence-electron chi connectivity index (χ1n) is 9.65. The van der Waals surface area contributed by atoms with Gasteiger partial charge in [0.1, 0.15) is 17.7 Å². The fraction of sp³-hybridized carbons (Fsp3) is 0.476. The third-order valence-corrected chi connectivity index (χ3v) is 5.69. The van der Waals surface area contributed by atoms with E-state index in [1.165, 1.54) is 0 Å². The first-order valence-corrected chi connectivity index (χ1v) is 10.5. The Bertz CT molecular complexity index is 910. The van der Waals surface area contributed by atoms with Crippen molar-refractivity contribution in [3.8, 4) is 10.4 Å². The van der Waals surface area contributed by atoms with Gasteiger partial charge in [-0.05, 0) is 38.8 Å². The smallest absolute Gasteiger partial charge is 0.411 e. The minimum absolute atomic E-state index is 0.169. The third kappa shape index (κ3) is 4.96. The Labute approximate surface area is 178 Å². The van der Waals surface area contributed by atoms with Gasteiger partial charge in [-0.2, -0.15) is 0 Å². The van der Waals surface area contributed by atoms with Crippen molar-refractivity contribution in [3.63, 3.8) is 0 Å². The van der Waals surface area contributed by atoms with Gasteiger partial charge in [0.25, 0.3) is 0 Å². The van der Waals surface area contributed by atoms with Crippen molar-refractivity contribution < 1.29 is 23.8 Å². The van der Waals surface area contributed by atoms with Gasteiger partial charge in [0.2, 0.25) is 5.91 Å². The van der Waals surface area contributed by atoms with E-state index in [4.69, 9.17) is 4.74 Å². The second kappa shape index (κ2) is 8.69. The summed E-state index contributed by atoms with van der Waals surface area (Å²) < 4.78 is 19.7. The van der Waals surface area contributed by atoms with Crippen molar-refractivity contribution in [2.45, 2.75) is 58.2 Å². The maximum absolute atomic E-state index is 14.5. The Morgan fingerprint density at radius 1 is 1.33 bits per heavy atom. The summed E-state index contributed by atoms with van der Waals surface area (Å²) in [7, 11) is 0. The van der Waals surface area contributed by atoms with Gasteiger partial charge in [0.05, 0.1) is 22.6 Å². The standard InChI is InChI=1S/C21H26FN3O4S/c1-12-18(30-11-24-12)14-7-5-13(6-8-14)9-23-19(27)17-16(22)15(26)10-25(17)20(28)29-21(2,3)4/h5-8,11,15-17,26H,9-10H2,1-4H3,(H,23,27)/t15-,16-,17-/m0/s1. The van der Waals surface area contributed by atoms with E-state index < -0.39 is 35.9 Å². The van der Waals surface area contributed by atoms with Gasteiger partial charge in [-0.3, -0.25) is 9.69 Å². The molecule has 1 aromatic carbocycles. The number of carbonyl (C=O) groups is 2. The lowest BCUT2D eigenvalue weighted by molar-refractivity contribution is -0.127. The highest BCUT2D eigenvalue weighted by molar-refractivity contribution is 7.13. The molecule has 0 radical (unpaired) electrons. The molecule has 1 saturated heterocycles. The van der Waals surface area contributed by atoms with Crippen LogP contribution in [0.25, 0.3) is 10.4 Å². The number of alkyl halides is 1. The average molecular weight is 436 g/mol. The molecule has 2 aromatic rings.